The molecule has 1 heterocycles. The number of nitrogens with two attached hydrogens (primary N) is 1. The average Bonchev–Trinajstić information content (AvgIpc) is 2.89. The first-order valence-electron chi connectivity index (χ1n) is 6.67. The molecular formula is C14H20ClN3O2. The number of likely N-dealkylation sites (N-methyl/N-ethyl adjacent to an activating group) is 1. The van der Waals surface area contributed by atoms with Gasteiger partial charge in [-0.15, -0.1) is 0 Å². The predicted octanol–water partition coefficient (Wildman–Crippen LogP) is 1.31. The van der Waals surface area contributed by atoms with Crippen molar-refractivity contribution in [3.05, 3.63) is 34.9 Å². The molecule has 1 aliphatic heterocycles. The van der Waals surface area contributed by atoms with Gasteiger partial charge in [0.15, 0.2) is 0 Å². The number of ether oxygens (including phenoxy) is 1. The summed E-state index contributed by atoms with van der Waals surface area (Å²) in [5, 5.41) is 0.742. The van der Waals surface area contributed by atoms with E-state index in [0.717, 1.165) is 31.0 Å². The molecule has 1 aliphatic rings. The SMILES string of the molecule is CN(Cc1ccc(Cl)cc1)CC1CCC(C(=O)NN)O1. The molecule has 1 aromatic rings. The zero-order valence-electron chi connectivity index (χ0n) is 11.5. The molecule has 0 saturated carbocycles. The summed E-state index contributed by atoms with van der Waals surface area (Å²) in [5.41, 5.74) is 3.34. The van der Waals surface area contributed by atoms with E-state index in [-0.39, 0.29) is 12.0 Å². The van der Waals surface area contributed by atoms with Gasteiger partial charge in [0.25, 0.3) is 5.91 Å². The minimum Gasteiger partial charge on any atom is -0.364 e. The third-order valence-electron chi connectivity index (χ3n) is 3.42. The summed E-state index contributed by atoms with van der Waals surface area (Å²) < 4.78 is 5.69. The molecule has 2 rings (SSSR count). The van der Waals surface area contributed by atoms with Crippen molar-refractivity contribution < 1.29 is 9.53 Å². The third-order valence-corrected chi connectivity index (χ3v) is 3.68. The lowest BCUT2D eigenvalue weighted by molar-refractivity contribution is -0.132. The highest BCUT2D eigenvalue weighted by Gasteiger charge is 2.30. The van der Waals surface area contributed by atoms with E-state index in [2.05, 4.69) is 10.3 Å². The van der Waals surface area contributed by atoms with Crippen LogP contribution in [0.4, 0.5) is 0 Å². The zero-order valence-corrected chi connectivity index (χ0v) is 12.3. The van der Waals surface area contributed by atoms with Crippen molar-refractivity contribution >= 4 is 17.5 Å². The van der Waals surface area contributed by atoms with Crippen LogP contribution in [0.5, 0.6) is 0 Å². The normalized spacial score (nSPS) is 22.2. The first kappa shape index (κ1) is 15.3. The number of hydrogen-bond donors (Lipinski definition) is 2. The third kappa shape index (κ3) is 4.18. The summed E-state index contributed by atoms with van der Waals surface area (Å²) in [6.45, 7) is 1.61. The van der Waals surface area contributed by atoms with Crippen LogP contribution in [0.1, 0.15) is 18.4 Å². The Labute approximate surface area is 124 Å². The summed E-state index contributed by atoms with van der Waals surface area (Å²) in [7, 11) is 2.04. The van der Waals surface area contributed by atoms with E-state index in [1.54, 1.807) is 0 Å². The lowest BCUT2D eigenvalue weighted by atomic mass is 10.1. The van der Waals surface area contributed by atoms with Crippen molar-refractivity contribution in [2.24, 2.45) is 5.84 Å². The zero-order chi connectivity index (χ0) is 14.5. The van der Waals surface area contributed by atoms with E-state index < -0.39 is 6.10 Å². The number of carbonyl (C=O) groups is 1. The van der Waals surface area contributed by atoms with Crippen molar-refractivity contribution in [1.82, 2.24) is 10.3 Å². The van der Waals surface area contributed by atoms with Crippen LogP contribution < -0.4 is 11.3 Å². The van der Waals surface area contributed by atoms with Gasteiger partial charge >= 0.3 is 0 Å². The Morgan fingerprint density at radius 2 is 2.15 bits per heavy atom. The van der Waals surface area contributed by atoms with Gasteiger partial charge in [-0.25, -0.2) is 5.84 Å². The molecule has 20 heavy (non-hydrogen) atoms. The minimum atomic E-state index is -0.408. The van der Waals surface area contributed by atoms with Gasteiger partial charge in [0.05, 0.1) is 6.10 Å². The standard InChI is InChI=1S/C14H20ClN3O2/c1-18(8-10-2-4-11(15)5-3-10)9-12-6-7-13(20-12)14(19)17-16/h2-5,12-13H,6-9,16H2,1H3,(H,17,19). The second-order valence-corrected chi connectivity index (χ2v) is 5.59. The van der Waals surface area contributed by atoms with Gasteiger partial charge in [0.2, 0.25) is 0 Å². The minimum absolute atomic E-state index is 0.0783. The van der Waals surface area contributed by atoms with E-state index in [1.165, 1.54) is 5.56 Å². The number of nitrogens with zero attached hydrogens (tertiary/aromatic N) is 1. The largest absolute Gasteiger partial charge is 0.364 e. The number of nitrogens with one attached hydrogen (secondary N) is 1. The molecule has 1 fully saturated rings. The van der Waals surface area contributed by atoms with Crippen LogP contribution >= 0.6 is 11.6 Å². The molecule has 1 aromatic carbocycles. The Hall–Kier alpha value is -1.14. The number of hydrazine groups is 1. The number of benzene rings is 1. The Morgan fingerprint density at radius 3 is 2.80 bits per heavy atom. The first-order chi connectivity index (χ1) is 9.58. The van der Waals surface area contributed by atoms with Crippen LogP contribution in [0.2, 0.25) is 5.02 Å². The number of amides is 1. The van der Waals surface area contributed by atoms with E-state index in [9.17, 15) is 4.79 Å². The lowest BCUT2D eigenvalue weighted by Crippen LogP contribution is -2.39. The maximum atomic E-state index is 11.4. The van der Waals surface area contributed by atoms with Crippen LogP contribution in [0.3, 0.4) is 0 Å². The van der Waals surface area contributed by atoms with Gasteiger partial charge < -0.3 is 4.74 Å². The molecule has 6 heteroatoms. The van der Waals surface area contributed by atoms with Crippen LogP contribution in [0, 0.1) is 0 Å². The molecule has 2 atom stereocenters. The molecule has 110 valence electrons. The number of rotatable bonds is 5. The van der Waals surface area contributed by atoms with Crippen LogP contribution in [0.25, 0.3) is 0 Å². The van der Waals surface area contributed by atoms with Crippen molar-refractivity contribution in [3.63, 3.8) is 0 Å². The second-order valence-electron chi connectivity index (χ2n) is 5.16. The molecular weight excluding hydrogens is 278 g/mol. The van der Waals surface area contributed by atoms with Crippen LogP contribution in [-0.2, 0) is 16.1 Å². The van der Waals surface area contributed by atoms with E-state index >= 15 is 0 Å². The maximum Gasteiger partial charge on any atom is 0.263 e. The fourth-order valence-corrected chi connectivity index (χ4v) is 2.57. The van der Waals surface area contributed by atoms with E-state index in [4.69, 9.17) is 22.2 Å². The van der Waals surface area contributed by atoms with Gasteiger partial charge in [0, 0.05) is 18.1 Å². The average molecular weight is 298 g/mol. The van der Waals surface area contributed by atoms with E-state index in [1.807, 2.05) is 31.3 Å². The molecule has 0 radical (unpaired) electrons. The van der Waals surface area contributed by atoms with Gasteiger partial charge in [0.1, 0.15) is 6.10 Å². The highest BCUT2D eigenvalue weighted by molar-refractivity contribution is 6.30. The van der Waals surface area contributed by atoms with Crippen molar-refractivity contribution in [2.75, 3.05) is 13.6 Å². The van der Waals surface area contributed by atoms with Crippen LogP contribution in [-0.4, -0.2) is 36.6 Å². The summed E-state index contributed by atoms with van der Waals surface area (Å²) in [5.74, 6) is 4.87. The summed E-state index contributed by atoms with van der Waals surface area (Å²) in [4.78, 5) is 13.6. The van der Waals surface area contributed by atoms with Crippen molar-refractivity contribution in [2.45, 2.75) is 31.6 Å². The monoisotopic (exact) mass is 297 g/mol. The second kappa shape index (κ2) is 7.04. The fourth-order valence-electron chi connectivity index (χ4n) is 2.44. The fraction of sp³-hybridized carbons (Fsp3) is 0.500. The molecule has 0 aromatic heterocycles. The molecule has 2 unspecified atom stereocenters. The Kier molecular flexibility index (Phi) is 5.37. The molecule has 1 saturated heterocycles. The Balaban J connectivity index is 1.79. The van der Waals surface area contributed by atoms with Gasteiger partial charge in [-0.05, 0) is 37.6 Å². The van der Waals surface area contributed by atoms with Gasteiger partial charge in [-0.2, -0.15) is 0 Å². The summed E-state index contributed by atoms with van der Waals surface area (Å²) in [6, 6.07) is 7.80. The number of hydrogen-bond acceptors (Lipinski definition) is 4. The van der Waals surface area contributed by atoms with Crippen molar-refractivity contribution in [1.29, 1.82) is 0 Å². The van der Waals surface area contributed by atoms with Gasteiger partial charge in [-0.1, -0.05) is 23.7 Å². The predicted molar refractivity (Wildman–Crippen MR) is 78.0 cm³/mol. The topological polar surface area (TPSA) is 67.6 Å². The number of halogens is 1. The Bertz CT molecular complexity index is 452. The highest BCUT2D eigenvalue weighted by atomic mass is 35.5. The molecule has 0 bridgehead atoms. The smallest absolute Gasteiger partial charge is 0.263 e. The van der Waals surface area contributed by atoms with Crippen LogP contribution in [0.15, 0.2) is 24.3 Å². The highest BCUT2D eigenvalue weighted by Crippen LogP contribution is 2.21. The number of carbonyl (C=O) groups excluding carboxylic acids is 1. The lowest BCUT2D eigenvalue weighted by Gasteiger charge is -2.21. The van der Waals surface area contributed by atoms with Crippen molar-refractivity contribution in [3.8, 4) is 0 Å². The first-order valence-corrected chi connectivity index (χ1v) is 7.05. The molecule has 5 nitrogen and oxygen atoms in total. The summed E-state index contributed by atoms with van der Waals surface area (Å²) in [6.07, 6.45) is 1.27. The molecule has 0 aliphatic carbocycles. The molecule has 0 spiro atoms. The molecule has 1 amide bonds. The van der Waals surface area contributed by atoms with E-state index in [0.29, 0.717) is 0 Å². The summed E-state index contributed by atoms with van der Waals surface area (Å²) >= 11 is 5.86. The van der Waals surface area contributed by atoms with Gasteiger partial charge in [-0.3, -0.25) is 15.1 Å². The molecule has 3 N–H and O–H groups in total. The quantitative estimate of drug-likeness (QED) is 0.488. The maximum absolute atomic E-state index is 11.4. The Morgan fingerprint density at radius 1 is 1.45 bits per heavy atom.